The lowest BCUT2D eigenvalue weighted by Gasteiger charge is -2.09. The zero-order valence-corrected chi connectivity index (χ0v) is 13.2. The minimum Gasteiger partial charge on any atom is -0.497 e. The predicted octanol–water partition coefficient (Wildman–Crippen LogP) is 3.80. The second kappa shape index (κ2) is 7.47. The number of para-hydroxylation sites is 1. The van der Waals surface area contributed by atoms with Crippen LogP contribution in [-0.2, 0) is 4.79 Å². The van der Waals surface area contributed by atoms with Crippen molar-refractivity contribution in [1.82, 2.24) is 0 Å². The van der Waals surface area contributed by atoms with Gasteiger partial charge in [-0.25, -0.2) is 4.99 Å². The van der Waals surface area contributed by atoms with Crippen molar-refractivity contribution in [3.63, 3.8) is 0 Å². The van der Waals surface area contributed by atoms with Gasteiger partial charge in [0.05, 0.1) is 12.8 Å². The lowest BCUT2D eigenvalue weighted by molar-refractivity contribution is -0.110. The van der Waals surface area contributed by atoms with Crippen LogP contribution in [0.4, 0.5) is 11.4 Å². The highest BCUT2D eigenvalue weighted by molar-refractivity contribution is 7.82. The Labute approximate surface area is 134 Å². The number of nitrogens with one attached hydrogen (secondary N) is 1. The maximum atomic E-state index is 11.8. The molecule has 2 rings (SSSR count). The number of hydrogen-bond donors (Lipinski definition) is 1. The number of carbonyl (C=O) groups is 1. The quantitative estimate of drug-likeness (QED) is 0.674. The van der Waals surface area contributed by atoms with Crippen LogP contribution in [0.2, 0.25) is 0 Å². The molecule has 0 aliphatic carbocycles. The Hall–Kier alpha value is -2.53. The Morgan fingerprint density at radius 3 is 2.27 bits per heavy atom. The Morgan fingerprint density at radius 1 is 1.09 bits per heavy atom. The van der Waals surface area contributed by atoms with Crippen molar-refractivity contribution in [2.24, 2.45) is 4.99 Å². The minimum absolute atomic E-state index is 0.185. The molecule has 4 nitrogen and oxygen atoms in total. The van der Waals surface area contributed by atoms with E-state index < -0.39 is 0 Å². The largest absolute Gasteiger partial charge is 0.497 e. The molecule has 2 aromatic carbocycles. The molecule has 0 atom stereocenters. The van der Waals surface area contributed by atoms with Gasteiger partial charge in [0.15, 0.2) is 5.78 Å². The van der Waals surface area contributed by atoms with Crippen molar-refractivity contribution in [2.45, 2.75) is 6.92 Å². The SMILES string of the molecule is COc1ccc(NC(=S)C(=Nc2ccccc2)C(C)=O)cc1. The molecule has 0 radical (unpaired) electrons. The highest BCUT2D eigenvalue weighted by Gasteiger charge is 2.13. The molecule has 0 fully saturated rings. The molecule has 0 heterocycles. The topological polar surface area (TPSA) is 50.7 Å². The molecule has 0 unspecified atom stereocenters. The molecule has 0 saturated heterocycles. The van der Waals surface area contributed by atoms with Gasteiger partial charge in [0.1, 0.15) is 16.4 Å². The number of thiocarbonyl (C=S) groups is 1. The average molecular weight is 312 g/mol. The van der Waals surface area contributed by atoms with E-state index >= 15 is 0 Å². The maximum absolute atomic E-state index is 11.8. The zero-order chi connectivity index (χ0) is 15.9. The van der Waals surface area contributed by atoms with Crippen LogP contribution in [0.3, 0.4) is 0 Å². The number of aliphatic imine (C=N–C) groups is 1. The predicted molar refractivity (Wildman–Crippen MR) is 93.4 cm³/mol. The summed E-state index contributed by atoms with van der Waals surface area (Å²) in [5, 5.41) is 3.02. The van der Waals surface area contributed by atoms with Crippen LogP contribution >= 0.6 is 12.2 Å². The molecule has 2 aromatic rings. The monoisotopic (exact) mass is 312 g/mol. The lowest BCUT2D eigenvalue weighted by Crippen LogP contribution is -2.26. The number of Topliss-reactive ketones (excluding diaryl/α,β-unsaturated/α-hetero) is 1. The number of methoxy groups -OCH3 is 1. The summed E-state index contributed by atoms with van der Waals surface area (Å²) in [5.41, 5.74) is 1.69. The first kappa shape index (κ1) is 15.9. The number of ether oxygens (including phenoxy) is 1. The van der Waals surface area contributed by atoms with Crippen molar-refractivity contribution >= 4 is 40.1 Å². The molecule has 0 aliphatic rings. The van der Waals surface area contributed by atoms with E-state index in [1.54, 1.807) is 7.11 Å². The van der Waals surface area contributed by atoms with Gasteiger partial charge in [0, 0.05) is 12.6 Å². The highest BCUT2D eigenvalue weighted by atomic mass is 32.1. The molecule has 0 saturated carbocycles. The van der Waals surface area contributed by atoms with Crippen molar-refractivity contribution in [3.8, 4) is 5.75 Å². The second-order valence-electron chi connectivity index (χ2n) is 4.53. The number of carbonyl (C=O) groups excluding carboxylic acids is 1. The summed E-state index contributed by atoms with van der Waals surface area (Å²) in [6, 6.07) is 16.5. The molecular formula is C17H16N2O2S. The van der Waals surface area contributed by atoms with Crippen molar-refractivity contribution < 1.29 is 9.53 Å². The van der Waals surface area contributed by atoms with Gasteiger partial charge in [-0.1, -0.05) is 30.4 Å². The van der Waals surface area contributed by atoms with E-state index in [4.69, 9.17) is 17.0 Å². The van der Waals surface area contributed by atoms with E-state index in [2.05, 4.69) is 10.3 Å². The van der Waals surface area contributed by atoms with Gasteiger partial charge in [0.25, 0.3) is 0 Å². The molecule has 112 valence electrons. The molecule has 5 heteroatoms. The fraction of sp³-hybridized carbons (Fsp3) is 0.118. The summed E-state index contributed by atoms with van der Waals surface area (Å²) in [5.74, 6) is 0.566. The van der Waals surface area contributed by atoms with Gasteiger partial charge in [0.2, 0.25) is 0 Å². The molecule has 0 aromatic heterocycles. The highest BCUT2D eigenvalue weighted by Crippen LogP contribution is 2.16. The van der Waals surface area contributed by atoms with Crippen LogP contribution in [0.5, 0.6) is 5.75 Å². The smallest absolute Gasteiger partial charge is 0.181 e. The van der Waals surface area contributed by atoms with Gasteiger partial charge < -0.3 is 10.1 Å². The van der Waals surface area contributed by atoms with Crippen molar-refractivity contribution in [2.75, 3.05) is 12.4 Å². The first-order chi connectivity index (χ1) is 10.6. The van der Waals surface area contributed by atoms with Gasteiger partial charge in [-0.3, -0.25) is 4.79 Å². The number of ketones is 1. The minimum atomic E-state index is -0.185. The Kier molecular flexibility index (Phi) is 5.38. The van der Waals surface area contributed by atoms with E-state index in [9.17, 15) is 4.79 Å². The summed E-state index contributed by atoms with van der Waals surface area (Å²) in [6.45, 7) is 1.45. The van der Waals surface area contributed by atoms with Crippen LogP contribution in [0, 0.1) is 0 Å². The average Bonchev–Trinajstić information content (AvgIpc) is 2.54. The summed E-state index contributed by atoms with van der Waals surface area (Å²) in [7, 11) is 1.60. The molecule has 1 N–H and O–H groups in total. The van der Waals surface area contributed by atoms with Crippen LogP contribution in [-0.4, -0.2) is 23.6 Å². The third-order valence-corrected chi connectivity index (χ3v) is 3.19. The Balaban J connectivity index is 2.19. The lowest BCUT2D eigenvalue weighted by atomic mass is 10.2. The Morgan fingerprint density at radius 2 is 1.73 bits per heavy atom. The molecule has 0 spiro atoms. The van der Waals surface area contributed by atoms with Gasteiger partial charge >= 0.3 is 0 Å². The summed E-state index contributed by atoms with van der Waals surface area (Å²) >= 11 is 5.30. The van der Waals surface area contributed by atoms with E-state index in [-0.39, 0.29) is 11.5 Å². The second-order valence-corrected chi connectivity index (χ2v) is 4.94. The number of rotatable bonds is 5. The molecule has 0 amide bonds. The fourth-order valence-corrected chi connectivity index (χ4v) is 2.09. The number of anilines is 1. The van der Waals surface area contributed by atoms with E-state index in [1.807, 2.05) is 54.6 Å². The fourth-order valence-electron chi connectivity index (χ4n) is 1.79. The maximum Gasteiger partial charge on any atom is 0.181 e. The number of nitrogens with zero attached hydrogens (tertiary/aromatic N) is 1. The summed E-state index contributed by atoms with van der Waals surface area (Å²) < 4.78 is 5.10. The van der Waals surface area contributed by atoms with E-state index in [1.165, 1.54) is 6.92 Å². The van der Waals surface area contributed by atoms with Gasteiger partial charge in [-0.15, -0.1) is 0 Å². The Bertz CT molecular complexity index is 694. The third-order valence-electron chi connectivity index (χ3n) is 2.89. The molecule has 22 heavy (non-hydrogen) atoms. The normalized spacial score (nSPS) is 10.9. The zero-order valence-electron chi connectivity index (χ0n) is 12.4. The van der Waals surface area contributed by atoms with Crippen LogP contribution < -0.4 is 10.1 Å². The van der Waals surface area contributed by atoms with E-state index in [0.29, 0.717) is 10.7 Å². The molecule has 0 bridgehead atoms. The van der Waals surface area contributed by atoms with Crippen LogP contribution in [0.25, 0.3) is 0 Å². The van der Waals surface area contributed by atoms with Gasteiger partial charge in [-0.2, -0.15) is 0 Å². The first-order valence-electron chi connectivity index (χ1n) is 6.70. The summed E-state index contributed by atoms with van der Waals surface area (Å²) in [4.78, 5) is 16.4. The standard InChI is InChI=1S/C17H16N2O2S/c1-12(20)16(18-13-6-4-3-5-7-13)17(22)19-14-8-10-15(21-2)11-9-14/h3-11H,1-2H3,(H,19,22). The van der Waals surface area contributed by atoms with Gasteiger partial charge in [-0.05, 0) is 36.4 Å². The summed E-state index contributed by atoms with van der Waals surface area (Å²) in [6.07, 6.45) is 0. The van der Waals surface area contributed by atoms with Crippen LogP contribution in [0.15, 0.2) is 59.6 Å². The number of hydrogen-bond acceptors (Lipinski definition) is 4. The number of benzene rings is 2. The molecular weight excluding hydrogens is 296 g/mol. The van der Waals surface area contributed by atoms with Crippen LogP contribution in [0.1, 0.15) is 6.92 Å². The third kappa shape index (κ3) is 4.23. The van der Waals surface area contributed by atoms with Crippen molar-refractivity contribution in [1.29, 1.82) is 0 Å². The molecule has 0 aliphatic heterocycles. The van der Waals surface area contributed by atoms with E-state index in [0.717, 1.165) is 11.4 Å². The first-order valence-corrected chi connectivity index (χ1v) is 7.11. The van der Waals surface area contributed by atoms with Crippen molar-refractivity contribution in [3.05, 3.63) is 54.6 Å².